The van der Waals surface area contributed by atoms with Crippen molar-refractivity contribution >= 4 is 23.1 Å². The SMILES string of the molecule is Cc1cc(OCc2ccccc2)ccc1/C(O)=C1/C(=O)C(=O)N(CCN2CCOCC2)C1c1cccc([N+](=O)[O-])c1. The highest BCUT2D eigenvalue weighted by Crippen LogP contribution is 2.41. The molecule has 0 bridgehead atoms. The van der Waals surface area contributed by atoms with Gasteiger partial charge in [0, 0.05) is 43.9 Å². The number of hydrogen-bond donors (Lipinski definition) is 1. The normalized spacial score (nSPS) is 19.0. The number of nitro benzene ring substituents is 1. The fourth-order valence-electron chi connectivity index (χ4n) is 5.22. The van der Waals surface area contributed by atoms with Crippen molar-refractivity contribution in [2.75, 3.05) is 39.4 Å². The Labute approximate surface area is 237 Å². The van der Waals surface area contributed by atoms with Crippen LogP contribution in [-0.4, -0.2) is 70.9 Å². The predicted molar refractivity (Wildman–Crippen MR) is 151 cm³/mol. The van der Waals surface area contributed by atoms with Gasteiger partial charge in [0.05, 0.1) is 29.8 Å². The smallest absolute Gasteiger partial charge is 0.295 e. The highest BCUT2D eigenvalue weighted by atomic mass is 16.6. The van der Waals surface area contributed by atoms with E-state index in [-0.39, 0.29) is 23.6 Å². The van der Waals surface area contributed by atoms with Gasteiger partial charge in [0.15, 0.2) is 0 Å². The number of nitrogens with zero attached hydrogens (tertiary/aromatic N) is 3. The molecule has 0 aromatic heterocycles. The Bertz CT molecular complexity index is 1480. The number of rotatable bonds is 9. The van der Waals surface area contributed by atoms with Crippen LogP contribution in [0.2, 0.25) is 0 Å². The van der Waals surface area contributed by atoms with Gasteiger partial charge in [-0.2, -0.15) is 0 Å². The molecule has 10 nitrogen and oxygen atoms in total. The first-order chi connectivity index (χ1) is 19.8. The second kappa shape index (κ2) is 12.3. The molecule has 1 atom stereocenters. The molecule has 212 valence electrons. The molecule has 0 aliphatic carbocycles. The van der Waals surface area contributed by atoms with E-state index in [0.717, 1.165) is 5.56 Å². The Morgan fingerprint density at radius 3 is 2.49 bits per heavy atom. The van der Waals surface area contributed by atoms with Crippen LogP contribution in [0, 0.1) is 17.0 Å². The quantitative estimate of drug-likeness (QED) is 0.136. The minimum Gasteiger partial charge on any atom is -0.507 e. The van der Waals surface area contributed by atoms with E-state index < -0.39 is 22.7 Å². The molecular formula is C31H31N3O7. The summed E-state index contributed by atoms with van der Waals surface area (Å²) in [7, 11) is 0. The number of aliphatic hydroxyl groups is 1. The Kier molecular flexibility index (Phi) is 8.42. The summed E-state index contributed by atoms with van der Waals surface area (Å²) in [5.41, 5.74) is 2.13. The second-order valence-corrected chi connectivity index (χ2v) is 10.0. The van der Waals surface area contributed by atoms with Gasteiger partial charge in [-0.1, -0.05) is 42.5 Å². The molecule has 1 amide bonds. The third-order valence-electron chi connectivity index (χ3n) is 7.40. The Balaban J connectivity index is 1.49. The highest BCUT2D eigenvalue weighted by molar-refractivity contribution is 6.46. The van der Waals surface area contributed by atoms with Gasteiger partial charge in [-0.15, -0.1) is 0 Å². The van der Waals surface area contributed by atoms with Gasteiger partial charge in [-0.05, 0) is 41.8 Å². The lowest BCUT2D eigenvalue weighted by Gasteiger charge is -2.31. The van der Waals surface area contributed by atoms with Crippen molar-refractivity contribution in [1.82, 2.24) is 9.80 Å². The van der Waals surface area contributed by atoms with E-state index in [4.69, 9.17) is 9.47 Å². The second-order valence-electron chi connectivity index (χ2n) is 10.0. The van der Waals surface area contributed by atoms with Crippen molar-refractivity contribution in [3.63, 3.8) is 0 Å². The molecule has 2 aliphatic rings. The number of hydrogen-bond acceptors (Lipinski definition) is 8. The summed E-state index contributed by atoms with van der Waals surface area (Å²) in [4.78, 5) is 41.3. The van der Waals surface area contributed by atoms with Gasteiger partial charge in [0.1, 0.15) is 18.1 Å². The van der Waals surface area contributed by atoms with Crippen LogP contribution in [0.15, 0.2) is 78.4 Å². The van der Waals surface area contributed by atoms with E-state index in [0.29, 0.717) is 61.9 Å². The lowest BCUT2D eigenvalue weighted by molar-refractivity contribution is -0.384. The average molecular weight is 558 g/mol. The number of nitro groups is 1. The monoisotopic (exact) mass is 557 g/mol. The van der Waals surface area contributed by atoms with E-state index in [2.05, 4.69) is 4.90 Å². The first-order valence-electron chi connectivity index (χ1n) is 13.4. The summed E-state index contributed by atoms with van der Waals surface area (Å²) in [6, 6.07) is 19.7. The molecule has 1 unspecified atom stereocenters. The summed E-state index contributed by atoms with van der Waals surface area (Å²) >= 11 is 0. The van der Waals surface area contributed by atoms with Gasteiger partial charge in [-0.3, -0.25) is 24.6 Å². The fourth-order valence-corrected chi connectivity index (χ4v) is 5.22. The standard InChI is InChI=1S/C31H31N3O7/c1-21-18-25(41-20-22-6-3-2-4-7-22)10-11-26(21)29(35)27-28(23-8-5-9-24(19-23)34(38)39)33(31(37)30(27)36)13-12-32-14-16-40-17-15-32/h2-11,18-19,28,35H,12-17,20H2,1H3/b29-27-. The van der Waals surface area contributed by atoms with Crippen LogP contribution >= 0.6 is 0 Å². The van der Waals surface area contributed by atoms with Crippen molar-refractivity contribution in [2.45, 2.75) is 19.6 Å². The summed E-state index contributed by atoms with van der Waals surface area (Å²) < 4.78 is 11.3. The number of aliphatic hydroxyl groups excluding tert-OH is 1. The van der Waals surface area contributed by atoms with Crippen LogP contribution in [0.25, 0.3) is 5.76 Å². The van der Waals surface area contributed by atoms with E-state index in [9.17, 15) is 24.8 Å². The number of amides is 1. The molecule has 5 rings (SSSR count). The van der Waals surface area contributed by atoms with Crippen molar-refractivity contribution in [3.8, 4) is 5.75 Å². The number of ether oxygens (including phenoxy) is 2. The van der Waals surface area contributed by atoms with Crippen molar-refractivity contribution in [3.05, 3.63) is 111 Å². The number of carbonyl (C=O) groups is 2. The van der Waals surface area contributed by atoms with Gasteiger partial charge in [0.2, 0.25) is 0 Å². The maximum Gasteiger partial charge on any atom is 0.295 e. The summed E-state index contributed by atoms with van der Waals surface area (Å²) in [5, 5.41) is 23.0. The van der Waals surface area contributed by atoms with Gasteiger partial charge in [0.25, 0.3) is 17.4 Å². The van der Waals surface area contributed by atoms with Crippen LogP contribution in [0.4, 0.5) is 5.69 Å². The van der Waals surface area contributed by atoms with E-state index >= 15 is 0 Å². The van der Waals surface area contributed by atoms with Gasteiger partial charge < -0.3 is 19.5 Å². The third-order valence-corrected chi connectivity index (χ3v) is 7.40. The van der Waals surface area contributed by atoms with Gasteiger partial charge in [-0.25, -0.2) is 0 Å². The summed E-state index contributed by atoms with van der Waals surface area (Å²) in [6.45, 7) is 5.41. The van der Waals surface area contributed by atoms with E-state index in [1.807, 2.05) is 30.3 Å². The average Bonchev–Trinajstić information content (AvgIpc) is 3.25. The topological polar surface area (TPSA) is 122 Å². The van der Waals surface area contributed by atoms with Crippen molar-refractivity contribution in [2.24, 2.45) is 0 Å². The number of benzene rings is 3. The number of morpholine rings is 1. The summed E-state index contributed by atoms with van der Waals surface area (Å²) in [6.07, 6.45) is 0. The van der Waals surface area contributed by atoms with Crippen LogP contribution in [0.5, 0.6) is 5.75 Å². The van der Waals surface area contributed by atoms with Gasteiger partial charge >= 0.3 is 0 Å². The molecule has 3 aromatic rings. The lowest BCUT2D eigenvalue weighted by Crippen LogP contribution is -2.42. The van der Waals surface area contributed by atoms with Crippen LogP contribution < -0.4 is 4.74 Å². The largest absolute Gasteiger partial charge is 0.507 e. The number of aryl methyl sites for hydroxylation is 1. The Morgan fingerprint density at radius 1 is 1.02 bits per heavy atom. The van der Waals surface area contributed by atoms with Crippen LogP contribution in [-0.2, 0) is 20.9 Å². The number of non-ortho nitro benzene ring substituents is 1. The number of likely N-dealkylation sites (tertiary alicyclic amines) is 1. The number of carbonyl (C=O) groups excluding carboxylic acids is 2. The molecule has 10 heteroatoms. The van der Waals surface area contributed by atoms with Crippen LogP contribution in [0.1, 0.15) is 28.3 Å². The molecular weight excluding hydrogens is 526 g/mol. The molecule has 0 saturated carbocycles. The highest BCUT2D eigenvalue weighted by Gasteiger charge is 2.46. The zero-order chi connectivity index (χ0) is 28.9. The first kappa shape index (κ1) is 28.0. The van der Waals surface area contributed by atoms with Crippen molar-refractivity contribution < 1.29 is 29.1 Å². The van der Waals surface area contributed by atoms with Crippen molar-refractivity contribution in [1.29, 1.82) is 0 Å². The molecule has 0 radical (unpaired) electrons. The van der Waals surface area contributed by atoms with Crippen LogP contribution in [0.3, 0.4) is 0 Å². The third kappa shape index (κ3) is 6.13. The molecule has 2 aliphatic heterocycles. The molecule has 2 saturated heterocycles. The fraction of sp³-hybridized carbons (Fsp3) is 0.290. The first-order valence-corrected chi connectivity index (χ1v) is 13.4. The van der Waals surface area contributed by atoms with E-state index in [1.54, 1.807) is 31.2 Å². The molecule has 3 aromatic carbocycles. The molecule has 41 heavy (non-hydrogen) atoms. The van der Waals surface area contributed by atoms with E-state index in [1.165, 1.54) is 23.1 Å². The maximum atomic E-state index is 13.4. The zero-order valence-corrected chi connectivity index (χ0v) is 22.7. The number of Topliss-reactive ketones (excluding diaryl/α,β-unsaturated/α-hetero) is 1. The molecule has 2 fully saturated rings. The zero-order valence-electron chi connectivity index (χ0n) is 22.7. The Hall–Kier alpha value is -4.54. The molecule has 1 N–H and O–H groups in total. The molecule has 0 spiro atoms. The molecule has 2 heterocycles. The lowest BCUT2D eigenvalue weighted by atomic mass is 9.93. The Morgan fingerprint density at radius 2 is 1.78 bits per heavy atom. The minimum absolute atomic E-state index is 0.0986. The number of ketones is 1. The minimum atomic E-state index is -0.982. The summed E-state index contributed by atoms with van der Waals surface area (Å²) in [5.74, 6) is -1.33. The maximum absolute atomic E-state index is 13.4. The predicted octanol–water partition coefficient (Wildman–Crippen LogP) is 4.24.